The third-order valence-corrected chi connectivity index (χ3v) is 7.16. The molecule has 0 spiro atoms. The molecule has 2 saturated carbocycles. The highest BCUT2D eigenvalue weighted by Crippen LogP contribution is 2.56. The van der Waals surface area contributed by atoms with Crippen molar-refractivity contribution < 1.29 is 28.5 Å². The minimum atomic E-state index is -0.806. The first kappa shape index (κ1) is 21.9. The maximum absolute atomic E-state index is 13.4. The summed E-state index contributed by atoms with van der Waals surface area (Å²) in [6, 6.07) is 9.42. The number of hydrogen-bond donors (Lipinski definition) is 0. The molecule has 0 radical (unpaired) electrons. The number of carbonyl (C=O) groups is 4. The molecule has 5 rings (SSSR count). The third kappa shape index (κ3) is 3.46. The fourth-order valence-electron chi connectivity index (χ4n) is 5.60. The van der Waals surface area contributed by atoms with E-state index in [2.05, 4.69) is 0 Å². The summed E-state index contributed by atoms with van der Waals surface area (Å²) in [5.74, 6) is -3.76. The highest BCUT2D eigenvalue weighted by molar-refractivity contribution is 6.10. The Bertz CT molecular complexity index is 1180. The number of benzene rings is 2. The van der Waals surface area contributed by atoms with Gasteiger partial charge in [-0.3, -0.25) is 29.3 Å². The number of fused-ring (bicyclic) bond motifs is 5. The second-order valence-corrected chi connectivity index (χ2v) is 8.97. The van der Waals surface area contributed by atoms with E-state index in [1.165, 1.54) is 24.3 Å². The van der Waals surface area contributed by atoms with Crippen molar-refractivity contribution in [2.24, 2.45) is 23.7 Å². The van der Waals surface area contributed by atoms with Crippen molar-refractivity contribution in [2.75, 3.05) is 6.54 Å². The molecular weight excluding hydrogens is 445 g/mol. The topological polar surface area (TPSA) is 118 Å². The second kappa shape index (κ2) is 8.12. The van der Waals surface area contributed by atoms with Crippen molar-refractivity contribution >= 4 is 29.2 Å². The molecular formula is C24H20FN3O6. The van der Waals surface area contributed by atoms with Crippen LogP contribution in [0, 0.1) is 39.6 Å². The molecule has 2 aliphatic carbocycles. The number of hydrogen-bond acceptors (Lipinski definition) is 6. The maximum atomic E-state index is 13.4. The zero-order valence-corrected chi connectivity index (χ0v) is 17.9. The van der Waals surface area contributed by atoms with Gasteiger partial charge in [-0.05, 0) is 67.5 Å². The number of hydrazine groups is 1. The molecule has 4 atom stereocenters. The fraction of sp³-hybridized carbons (Fsp3) is 0.333. The number of rotatable bonds is 6. The van der Waals surface area contributed by atoms with E-state index in [0.717, 1.165) is 53.5 Å². The number of ketones is 1. The van der Waals surface area contributed by atoms with Crippen molar-refractivity contribution in [1.82, 2.24) is 10.0 Å². The number of nitro groups is 1. The van der Waals surface area contributed by atoms with Gasteiger partial charge in [0, 0.05) is 23.3 Å². The summed E-state index contributed by atoms with van der Waals surface area (Å²) in [5.41, 5.74) is -0.134. The summed E-state index contributed by atoms with van der Waals surface area (Å²) in [6.07, 6.45) is 2.51. The van der Waals surface area contributed by atoms with Crippen LogP contribution < -0.4 is 0 Å². The smallest absolute Gasteiger partial charge is 0.273 e. The predicted octanol–water partition coefficient (Wildman–Crippen LogP) is 3.01. The quantitative estimate of drug-likeness (QED) is 0.280. The monoisotopic (exact) mass is 465 g/mol. The van der Waals surface area contributed by atoms with Gasteiger partial charge in [0.05, 0.1) is 16.8 Å². The minimum Gasteiger partial charge on any atom is -0.292 e. The Hall–Kier alpha value is -3.95. The van der Waals surface area contributed by atoms with Gasteiger partial charge < -0.3 is 0 Å². The largest absolute Gasteiger partial charge is 0.292 e. The van der Waals surface area contributed by atoms with Gasteiger partial charge in [-0.25, -0.2) is 9.40 Å². The normalized spacial score (nSPS) is 24.9. The molecule has 9 nitrogen and oxygen atoms in total. The number of nitro benzene ring substituents is 1. The highest BCUT2D eigenvalue weighted by atomic mass is 19.1. The van der Waals surface area contributed by atoms with E-state index in [1.807, 2.05) is 0 Å². The van der Waals surface area contributed by atoms with Crippen molar-refractivity contribution in [3.8, 4) is 0 Å². The van der Waals surface area contributed by atoms with Gasteiger partial charge in [0.2, 0.25) is 0 Å². The number of carbonyl (C=O) groups excluding carboxylic acids is 4. The summed E-state index contributed by atoms with van der Waals surface area (Å²) >= 11 is 0. The van der Waals surface area contributed by atoms with Crippen LogP contribution in [0.15, 0.2) is 48.5 Å². The van der Waals surface area contributed by atoms with E-state index in [1.54, 1.807) is 0 Å². The Morgan fingerprint density at radius 2 is 1.47 bits per heavy atom. The molecule has 174 valence electrons. The molecule has 3 amide bonds. The number of amides is 3. The van der Waals surface area contributed by atoms with Crippen LogP contribution in [0.4, 0.5) is 10.1 Å². The highest BCUT2D eigenvalue weighted by Gasteiger charge is 2.62. The fourth-order valence-corrected chi connectivity index (χ4v) is 5.60. The molecule has 1 aliphatic heterocycles. The van der Waals surface area contributed by atoms with Gasteiger partial charge in [-0.15, -0.1) is 0 Å². The zero-order valence-electron chi connectivity index (χ0n) is 17.9. The SMILES string of the molecule is O=C(CN(C(=O)c1ccc([N+](=O)[O-])cc1)N1C(=O)[C@@H]2[C@H]3CC[C@@H](C3)[C@H]2C1=O)c1ccc(F)cc1. The maximum Gasteiger partial charge on any atom is 0.273 e. The van der Waals surface area contributed by atoms with Gasteiger partial charge in [0.1, 0.15) is 12.4 Å². The van der Waals surface area contributed by atoms with E-state index in [9.17, 15) is 33.7 Å². The third-order valence-electron chi connectivity index (χ3n) is 7.16. The lowest BCUT2D eigenvalue weighted by Gasteiger charge is -2.30. The summed E-state index contributed by atoms with van der Waals surface area (Å²) in [7, 11) is 0. The number of imide groups is 1. The van der Waals surface area contributed by atoms with Crippen LogP contribution in [0.5, 0.6) is 0 Å². The number of halogens is 1. The van der Waals surface area contributed by atoms with Crippen LogP contribution in [-0.2, 0) is 9.59 Å². The average Bonchev–Trinajstić information content (AvgIpc) is 3.51. The lowest BCUT2D eigenvalue weighted by molar-refractivity contribution is -0.384. The second-order valence-electron chi connectivity index (χ2n) is 8.97. The lowest BCUT2D eigenvalue weighted by Crippen LogP contribution is -2.52. The first-order valence-corrected chi connectivity index (χ1v) is 11.0. The molecule has 0 unspecified atom stereocenters. The van der Waals surface area contributed by atoms with Crippen molar-refractivity contribution in [1.29, 1.82) is 0 Å². The molecule has 2 aromatic rings. The summed E-state index contributed by atoms with van der Waals surface area (Å²) in [6.45, 7) is -0.617. The molecule has 1 saturated heterocycles. The number of Topliss-reactive ketones (excluding diaryl/α,β-unsaturated/α-hetero) is 1. The van der Waals surface area contributed by atoms with Crippen molar-refractivity contribution in [2.45, 2.75) is 19.3 Å². The molecule has 0 aromatic heterocycles. The van der Waals surface area contributed by atoms with Crippen LogP contribution in [0.3, 0.4) is 0 Å². The summed E-state index contributed by atoms with van der Waals surface area (Å²) in [4.78, 5) is 63.4. The first-order chi connectivity index (χ1) is 16.3. The standard InChI is InChI=1S/C24H20FN3O6/c25-17-7-3-13(4-8-17)19(29)12-26(22(30)14-5-9-18(10-6-14)28(33)34)27-23(31)20-15-1-2-16(11-15)21(20)24(27)32/h3-10,15-16,20-21H,1-2,11-12H2/t15-,16-,20+,21+/m0/s1. The van der Waals surface area contributed by atoms with Crippen LogP contribution >= 0.6 is 0 Å². The Kier molecular flexibility index (Phi) is 5.22. The molecule has 3 fully saturated rings. The molecule has 0 N–H and O–H groups in total. The molecule has 2 bridgehead atoms. The molecule has 10 heteroatoms. The van der Waals surface area contributed by atoms with Crippen LogP contribution in [-0.4, -0.2) is 45.0 Å². The Labute approximate surface area is 193 Å². The van der Waals surface area contributed by atoms with E-state index in [0.29, 0.717) is 0 Å². The van der Waals surface area contributed by atoms with Gasteiger partial charge in [-0.1, -0.05) is 0 Å². The molecule has 1 heterocycles. The van der Waals surface area contributed by atoms with Crippen molar-refractivity contribution in [3.05, 3.63) is 75.6 Å². The van der Waals surface area contributed by atoms with Crippen molar-refractivity contribution in [3.63, 3.8) is 0 Å². The van der Waals surface area contributed by atoms with E-state index in [-0.39, 0.29) is 28.7 Å². The van der Waals surface area contributed by atoms with Gasteiger partial charge in [0.25, 0.3) is 23.4 Å². The average molecular weight is 465 g/mol. The van der Waals surface area contributed by atoms with Gasteiger partial charge in [0.15, 0.2) is 5.78 Å². The van der Waals surface area contributed by atoms with Crippen LogP contribution in [0.2, 0.25) is 0 Å². The Morgan fingerprint density at radius 1 is 0.941 bits per heavy atom. The summed E-state index contributed by atoms with van der Waals surface area (Å²) < 4.78 is 13.3. The predicted molar refractivity (Wildman–Crippen MR) is 115 cm³/mol. The zero-order chi connectivity index (χ0) is 24.1. The Balaban J connectivity index is 1.49. The van der Waals surface area contributed by atoms with Crippen LogP contribution in [0.25, 0.3) is 0 Å². The van der Waals surface area contributed by atoms with E-state index < -0.39 is 52.6 Å². The van der Waals surface area contributed by atoms with Crippen LogP contribution in [0.1, 0.15) is 40.0 Å². The summed E-state index contributed by atoms with van der Waals surface area (Å²) in [5, 5.41) is 12.6. The van der Waals surface area contributed by atoms with Gasteiger partial charge >= 0.3 is 0 Å². The van der Waals surface area contributed by atoms with E-state index in [4.69, 9.17) is 0 Å². The van der Waals surface area contributed by atoms with Gasteiger partial charge in [-0.2, -0.15) is 5.01 Å². The number of non-ortho nitro benzene ring substituents is 1. The molecule has 2 aromatic carbocycles. The lowest BCUT2D eigenvalue weighted by atomic mass is 9.81. The Morgan fingerprint density at radius 3 is 2.00 bits per heavy atom. The number of nitrogens with zero attached hydrogens (tertiary/aromatic N) is 3. The first-order valence-electron chi connectivity index (χ1n) is 11.0. The molecule has 34 heavy (non-hydrogen) atoms. The minimum absolute atomic E-state index is 0.0156. The van der Waals surface area contributed by atoms with E-state index >= 15 is 0 Å². The molecule has 3 aliphatic rings.